The van der Waals surface area contributed by atoms with Crippen molar-refractivity contribution in [2.75, 3.05) is 38.8 Å². The fourth-order valence-electron chi connectivity index (χ4n) is 5.61. The third-order valence-corrected chi connectivity index (χ3v) is 10.5. The van der Waals surface area contributed by atoms with Crippen molar-refractivity contribution in [1.29, 1.82) is 0 Å². The van der Waals surface area contributed by atoms with Crippen LogP contribution in [0.15, 0.2) is 81.1 Å². The minimum absolute atomic E-state index is 0.0564. The molecule has 1 aromatic carbocycles. The highest BCUT2D eigenvalue weighted by molar-refractivity contribution is 8.31. The van der Waals surface area contributed by atoms with Crippen molar-refractivity contribution < 1.29 is 24.2 Å². The Labute approximate surface area is 267 Å². The molecule has 0 bridgehead atoms. The number of aliphatic hydroxyl groups is 1. The maximum Gasteiger partial charge on any atom is 0.290 e. The van der Waals surface area contributed by atoms with Crippen molar-refractivity contribution in [3.8, 4) is 11.8 Å². The molecule has 3 aliphatic heterocycles. The zero-order chi connectivity index (χ0) is 32.0. The van der Waals surface area contributed by atoms with Crippen molar-refractivity contribution in [2.45, 2.75) is 50.0 Å². The normalized spacial score (nSPS) is 23.0. The van der Waals surface area contributed by atoms with Crippen LogP contribution in [-0.2, 0) is 25.5 Å². The first kappa shape index (κ1) is 32.3. The van der Waals surface area contributed by atoms with Crippen LogP contribution < -0.4 is 10.0 Å². The van der Waals surface area contributed by atoms with Crippen LogP contribution >= 0.6 is 10.2 Å². The first-order valence-electron chi connectivity index (χ1n) is 15.4. The lowest BCUT2D eigenvalue weighted by Gasteiger charge is -2.33. The van der Waals surface area contributed by atoms with Gasteiger partial charge in [0.25, 0.3) is 11.8 Å². The second-order valence-electron chi connectivity index (χ2n) is 12.2. The number of rotatable bonds is 8. The van der Waals surface area contributed by atoms with Crippen LogP contribution in [0.5, 0.6) is 0 Å². The third-order valence-electron chi connectivity index (χ3n) is 8.31. The maximum absolute atomic E-state index is 13.3. The van der Waals surface area contributed by atoms with Gasteiger partial charge in [0.1, 0.15) is 0 Å². The number of aliphatic hydroxyl groups excluding tert-OH is 1. The van der Waals surface area contributed by atoms with Crippen molar-refractivity contribution >= 4 is 34.2 Å². The number of dihydropyridines is 1. The molecule has 3 amide bonds. The quantitative estimate of drug-likeness (QED) is 0.380. The molecule has 3 heterocycles. The number of amides is 3. The highest BCUT2D eigenvalue weighted by Gasteiger charge is 2.25. The van der Waals surface area contributed by atoms with Gasteiger partial charge in [-0.3, -0.25) is 19.4 Å². The van der Waals surface area contributed by atoms with E-state index in [2.05, 4.69) is 26.9 Å². The van der Waals surface area contributed by atoms with Gasteiger partial charge < -0.3 is 24.8 Å². The summed E-state index contributed by atoms with van der Waals surface area (Å²) in [5, 5.41) is 12.6. The molecule has 3 atom stereocenters. The predicted molar refractivity (Wildman–Crippen MR) is 177 cm³/mol. The Morgan fingerprint density at radius 1 is 1.13 bits per heavy atom. The summed E-state index contributed by atoms with van der Waals surface area (Å²) in [5.41, 5.74) is 3.31. The summed E-state index contributed by atoms with van der Waals surface area (Å²) in [5.74, 6) is 6.41. The molecular weight excluding hydrogens is 588 g/mol. The Hall–Kier alpha value is -4.07. The molecule has 1 fully saturated rings. The topological polar surface area (TPSA) is 120 Å². The SMILES string of the molecule is CC1=C(C(=O)NC2=CC=CC(C#CC3C=C(C(=O)NS(C)(C)c4ccc(CCC(=O)N5CCC(O)C5)cc4)C=NC3)C2)OCC1. The fraction of sp³-hybridized carbons (Fsp3) is 0.429. The van der Waals surface area contributed by atoms with Crippen LogP contribution in [0, 0.1) is 23.7 Å². The van der Waals surface area contributed by atoms with E-state index in [9.17, 15) is 19.5 Å². The molecule has 0 spiro atoms. The van der Waals surface area contributed by atoms with Crippen LogP contribution in [0.2, 0.25) is 0 Å². The van der Waals surface area contributed by atoms with E-state index in [4.69, 9.17) is 4.74 Å². The van der Waals surface area contributed by atoms with E-state index in [-0.39, 0.29) is 29.6 Å². The number of hydrogen-bond acceptors (Lipinski definition) is 6. The molecule has 0 saturated carbocycles. The first-order chi connectivity index (χ1) is 21.6. The average molecular weight is 631 g/mol. The number of carbonyl (C=O) groups is 3. The molecular formula is C35H42N4O5S. The predicted octanol–water partition coefficient (Wildman–Crippen LogP) is 3.57. The molecule has 0 aromatic heterocycles. The smallest absolute Gasteiger partial charge is 0.290 e. The standard InChI is InChI=1S/C35H42N4O5S/c1-24-16-18-44-33(24)35(43)37-29-6-4-5-26(20-29)7-8-27-19-28(22-36-21-27)34(42)38-45(2,3)31-12-9-25(10-13-31)11-14-32(41)39-17-15-30(40)23-39/h4-6,9-10,12-13,19,22,26-27,30,40H,11,14-18,20-21,23H2,1-3H3,(H,37,43)(H,38,42). The number of aryl methyl sites for hydroxylation is 1. The Bertz CT molecular complexity index is 1540. The number of carbonyl (C=O) groups excluding carboxylic acids is 3. The lowest BCUT2D eigenvalue weighted by molar-refractivity contribution is -0.130. The van der Waals surface area contributed by atoms with Gasteiger partial charge in [-0.15, -0.1) is 10.2 Å². The molecule has 10 heteroatoms. The van der Waals surface area contributed by atoms with Crippen molar-refractivity contribution in [3.63, 3.8) is 0 Å². The van der Waals surface area contributed by atoms with E-state index in [0.717, 1.165) is 28.1 Å². The van der Waals surface area contributed by atoms with Crippen LogP contribution in [0.1, 0.15) is 38.2 Å². The van der Waals surface area contributed by atoms with Crippen molar-refractivity contribution in [1.82, 2.24) is 14.9 Å². The second kappa shape index (κ2) is 14.4. The summed E-state index contributed by atoms with van der Waals surface area (Å²) in [6.45, 7) is 3.99. The van der Waals surface area contributed by atoms with Crippen LogP contribution in [0.4, 0.5) is 0 Å². The van der Waals surface area contributed by atoms with Crippen LogP contribution in [-0.4, -0.2) is 78.8 Å². The molecule has 238 valence electrons. The number of likely N-dealkylation sites (tertiary alicyclic amines) is 1. The molecule has 1 aromatic rings. The summed E-state index contributed by atoms with van der Waals surface area (Å²) in [6, 6.07) is 8.08. The number of nitrogens with zero attached hydrogens (tertiary/aromatic N) is 2. The van der Waals surface area contributed by atoms with Gasteiger partial charge in [-0.05, 0) is 61.6 Å². The molecule has 45 heavy (non-hydrogen) atoms. The van der Waals surface area contributed by atoms with E-state index in [1.165, 1.54) is 0 Å². The van der Waals surface area contributed by atoms with E-state index in [1.807, 2.05) is 68.0 Å². The lowest BCUT2D eigenvalue weighted by Crippen LogP contribution is -2.30. The zero-order valence-corrected chi connectivity index (χ0v) is 27.0. The Morgan fingerprint density at radius 2 is 1.91 bits per heavy atom. The summed E-state index contributed by atoms with van der Waals surface area (Å²) in [7, 11) is -1.65. The number of hydrogen-bond donors (Lipinski definition) is 3. The van der Waals surface area contributed by atoms with Gasteiger partial charge in [0.2, 0.25) is 5.91 Å². The van der Waals surface area contributed by atoms with Gasteiger partial charge in [-0.2, -0.15) is 0 Å². The molecule has 9 nitrogen and oxygen atoms in total. The Morgan fingerprint density at radius 3 is 2.62 bits per heavy atom. The number of allylic oxidation sites excluding steroid dienone is 4. The fourth-order valence-corrected chi connectivity index (χ4v) is 7.13. The zero-order valence-electron chi connectivity index (χ0n) is 26.2. The first-order valence-corrected chi connectivity index (χ1v) is 17.9. The number of aliphatic imine (C=N–C) groups is 1. The number of β-amino-alcohol motifs (C(OH)–C–C–N with tert-alkyl or cyclic N) is 1. The van der Waals surface area contributed by atoms with E-state index < -0.39 is 16.3 Å². The lowest BCUT2D eigenvalue weighted by atomic mass is 9.96. The molecule has 1 saturated heterocycles. The largest absolute Gasteiger partial charge is 0.488 e. The third kappa shape index (κ3) is 8.56. The van der Waals surface area contributed by atoms with Gasteiger partial charge in [0.05, 0.1) is 30.7 Å². The Kier molecular flexibility index (Phi) is 10.3. The van der Waals surface area contributed by atoms with E-state index >= 15 is 0 Å². The molecule has 4 aliphatic rings. The van der Waals surface area contributed by atoms with Gasteiger partial charge >= 0.3 is 0 Å². The van der Waals surface area contributed by atoms with Gasteiger partial charge in [-0.25, -0.2) is 0 Å². The number of nitrogens with one attached hydrogen (secondary N) is 2. The van der Waals surface area contributed by atoms with Crippen LogP contribution in [0.25, 0.3) is 0 Å². The van der Waals surface area contributed by atoms with Crippen LogP contribution in [0.3, 0.4) is 0 Å². The number of ether oxygens (including phenoxy) is 1. The molecule has 3 unspecified atom stereocenters. The minimum atomic E-state index is -1.65. The second-order valence-corrected chi connectivity index (χ2v) is 15.6. The monoisotopic (exact) mass is 630 g/mol. The maximum atomic E-state index is 13.3. The Balaban J connectivity index is 1.13. The van der Waals surface area contributed by atoms with Crippen molar-refractivity contribution in [3.05, 3.63) is 76.7 Å². The summed E-state index contributed by atoms with van der Waals surface area (Å²) in [6.07, 6.45) is 16.0. The van der Waals surface area contributed by atoms with E-state index in [1.54, 1.807) is 11.1 Å². The summed E-state index contributed by atoms with van der Waals surface area (Å²) >= 11 is 0. The van der Waals surface area contributed by atoms with Gasteiger partial charge in [0.15, 0.2) is 5.76 Å². The summed E-state index contributed by atoms with van der Waals surface area (Å²) in [4.78, 5) is 45.4. The summed E-state index contributed by atoms with van der Waals surface area (Å²) < 4.78 is 8.68. The highest BCUT2D eigenvalue weighted by Crippen LogP contribution is 2.45. The number of benzene rings is 1. The molecule has 1 aliphatic carbocycles. The molecule has 0 radical (unpaired) electrons. The average Bonchev–Trinajstić information content (AvgIpc) is 3.67. The molecule has 3 N–H and O–H groups in total. The van der Waals surface area contributed by atoms with E-state index in [0.29, 0.717) is 63.3 Å². The molecule has 5 rings (SSSR count). The van der Waals surface area contributed by atoms with Gasteiger partial charge in [0, 0.05) is 55.1 Å². The highest BCUT2D eigenvalue weighted by atomic mass is 32.3. The van der Waals surface area contributed by atoms with Crippen molar-refractivity contribution in [2.24, 2.45) is 16.8 Å². The minimum Gasteiger partial charge on any atom is -0.488 e. The van der Waals surface area contributed by atoms with Gasteiger partial charge in [-0.1, -0.05) is 42.2 Å².